The Morgan fingerprint density at radius 3 is 3.12 bits per heavy atom. The van der Waals surface area contributed by atoms with E-state index in [0.717, 1.165) is 22.2 Å². The fourth-order valence-electron chi connectivity index (χ4n) is 2.13. The second-order valence-corrected chi connectivity index (χ2v) is 3.67. The van der Waals surface area contributed by atoms with E-state index in [1.165, 1.54) is 0 Å². The molecule has 1 aromatic carbocycles. The molecule has 4 aromatic rings. The smallest absolute Gasteiger partial charge is 0.125 e. The number of hydrogen-bond donors (Lipinski definition) is 0. The van der Waals surface area contributed by atoms with E-state index in [0.29, 0.717) is 0 Å². The topological polar surface area (TPSA) is 34.6 Å². The van der Waals surface area contributed by atoms with Crippen LogP contribution in [0.25, 0.3) is 22.2 Å². The van der Waals surface area contributed by atoms with Gasteiger partial charge in [0.25, 0.3) is 0 Å². The molecule has 0 bridgehead atoms. The summed E-state index contributed by atoms with van der Waals surface area (Å²) in [5, 5.41) is 1.01. The van der Waals surface area contributed by atoms with Gasteiger partial charge in [-0.1, -0.05) is 5.39 Å². The van der Waals surface area contributed by atoms with Crippen molar-refractivity contribution in [3.8, 4) is 0 Å². The average Bonchev–Trinajstić information content (AvgIpc) is 2.98. The number of fused-ring (bicyclic) bond motifs is 6. The Labute approximate surface area is 110 Å². The zero-order chi connectivity index (χ0) is 10.5. The maximum Gasteiger partial charge on any atom is 0.125 e. The van der Waals surface area contributed by atoms with E-state index < -0.39 is 0 Å². The molecule has 0 unspecified atom stereocenters. The standard InChI is InChI=1S/C12H7N4.Ir/c1-2-4-10-9(3-1)12-14-5-6-15(12)11-7-13-8-16(10)11;/h1-2,4-8H;/q-1;. The summed E-state index contributed by atoms with van der Waals surface area (Å²) in [6, 6.07) is 9.16. The fourth-order valence-corrected chi connectivity index (χ4v) is 2.13. The van der Waals surface area contributed by atoms with E-state index in [4.69, 9.17) is 0 Å². The molecule has 5 heteroatoms. The van der Waals surface area contributed by atoms with Crippen LogP contribution in [0.2, 0.25) is 0 Å². The van der Waals surface area contributed by atoms with E-state index in [1.54, 1.807) is 6.20 Å². The first-order valence-corrected chi connectivity index (χ1v) is 5.03. The van der Waals surface area contributed by atoms with Crippen LogP contribution in [-0.2, 0) is 20.1 Å². The van der Waals surface area contributed by atoms with Gasteiger partial charge in [0, 0.05) is 32.5 Å². The Kier molecular flexibility index (Phi) is 2.24. The Hall–Kier alpha value is -1.71. The molecule has 0 saturated carbocycles. The molecule has 17 heavy (non-hydrogen) atoms. The summed E-state index contributed by atoms with van der Waals surface area (Å²) in [4.78, 5) is 8.55. The molecule has 0 atom stereocenters. The van der Waals surface area contributed by atoms with Crippen LogP contribution in [-0.4, -0.2) is 18.8 Å². The molecule has 1 radical (unpaired) electrons. The van der Waals surface area contributed by atoms with E-state index in [9.17, 15) is 0 Å². The summed E-state index contributed by atoms with van der Waals surface area (Å²) in [5.74, 6) is 0. The van der Waals surface area contributed by atoms with Crippen molar-refractivity contribution in [2.24, 2.45) is 0 Å². The third kappa shape index (κ3) is 1.27. The van der Waals surface area contributed by atoms with E-state index in [-0.39, 0.29) is 20.1 Å². The van der Waals surface area contributed by atoms with Gasteiger partial charge in [-0.05, 0) is 5.52 Å². The van der Waals surface area contributed by atoms with Crippen molar-refractivity contribution in [1.29, 1.82) is 0 Å². The quantitative estimate of drug-likeness (QED) is 0.424. The van der Waals surface area contributed by atoms with E-state index in [2.05, 4.69) is 22.1 Å². The predicted octanol–water partition coefficient (Wildman–Crippen LogP) is 1.93. The molecule has 0 aliphatic rings. The summed E-state index contributed by atoms with van der Waals surface area (Å²) in [6.07, 6.45) is 7.38. The molecule has 0 aliphatic carbocycles. The van der Waals surface area contributed by atoms with Crippen LogP contribution >= 0.6 is 0 Å². The minimum Gasteiger partial charge on any atom is -0.328 e. The molecule has 4 rings (SSSR count). The molecular weight excluding hydrogens is 392 g/mol. The third-order valence-corrected chi connectivity index (χ3v) is 2.82. The maximum absolute atomic E-state index is 4.37. The van der Waals surface area contributed by atoms with Crippen LogP contribution in [0.1, 0.15) is 0 Å². The summed E-state index contributed by atoms with van der Waals surface area (Å²) in [7, 11) is 0. The van der Waals surface area contributed by atoms with Crippen LogP contribution in [0.3, 0.4) is 0 Å². The van der Waals surface area contributed by atoms with Crippen molar-refractivity contribution in [2.45, 2.75) is 0 Å². The van der Waals surface area contributed by atoms with Crippen LogP contribution in [0.5, 0.6) is 0 Å². The van der Waals surface area contributed by atoms with Crippen LogP contribution in [0, 0.1) is 6.07 Å². The zero-order valence-electron chi connectivity index (χ0n) is 8.66. The Bertz CT molecular complexity index is 746. The Morgan fingerprint density at radius 2 is 2.18 bits per heavy atom. The van der Waals surface area contributed by atoms with Gasteiger partial charge in [-0.2, -0.15) is 0 Å². The molecule has 0 aliphatic heterocycles. The molecule has 3 aromatic heterocycles. The second-order valence-electron chi connectivity index (χ2n) is 3.67. The normalized spacial score (nSPS) is 11.1. The van der Waals surface area contributed by atoms with Gasteiger partial charge >= 0.3 is 0 Å². The van der Waals surface area contributed by atoms with Gasteiger partial charge in [-0.3, -0.25) is 4.98 Å². The number of hydrogen-bond acceptors (Lipinski definition) is 2. The maximum atomic E-state index is 4.37. The first-order valence-electron chi connectivity index (χ1n) is 5.03. The zero-order valence-corrected chi connectivity index (χ0v) is 11.1. The van der Waals surface area contributed by atoms with E-state index in [1.807, 2.05) is 39.7 Å². The molecule has 0 amide bonds. The monoisotopic (exact) mass is 400 g/mol. The van der Waals surface area contributed by atoms with Crippen molar-refractivity contribution in [3.05, 3.63) is 49.2 Å². The number of imidazole rings is 2. The van der Waals surface area contributed by atoms with Crippen LogP contribution in [0.4, 0.5) is 0 Å². The number of nitrogens with zero attached hydrogens (tertiary/aromatic N) is 4. The minimum absolute atomic E-state index is 0. The van der Waals surface area contributed by atoms with Crippen molar-refractivity contribution in [3.63, 3.8) is 0 Å². The third-order valence-electron chi connectivity index (χ3n) is 2.82. The van der Waals surface area contributed by atoms with Gasteiger partial charge in [0.05, 0.1) is 18.2 Å². The number of benzene rings is 1. The fraction of sp³-hybridized carbons (Fsp3) is 0. The Morgan fingerprint density at radius 1 is 1.24 bits per heavy atom. The predicted molar refractivity (Wildman–Crippen MR) is 60.3 cm³/mol. The van der Waals surface area contributed by atoms with Gasteiger partial charge in [0.2, 0.25) is 0 Å². The van der Waals surface area contributed by atoms with Crippen LogP contribution < -0.4 is 0 Å². The summed E-state index contributed by atoms with van der Waals surface area (Å²) >= 11 is 0. The van der Waals surface area contributed by atoms with Gasteiger partial charge in [0.15, 0.2) is 0 Å². The summed E-state index contributed by atoms with van der Waals surface area (Å²) in [5.41, 5.74) is 3.01. The summed E-state index contributed by atoms with van der Waals surface area (Å²) in [6.45, 7) is 0. The van der Waals surface area contributed by atoms with E-state index >= 15 is 0 Å². The number of aromatic nitrogens is 4. The largest absolute Gasteiger partial charge is 0.328 e. The van der Waals surface area contributed by atoms with Crippen molar-refractivity contribution < 1.29 is 20.1 Å². The van der Waals surface area contributed by atoms with Crippen molar-refractivity contribution in [1.82, 2.24) is 18.8 Å². The molecular formula is C12H7IrN4-. The van der Waals surface area contributed by atoms with Gasteiger partial charge in [-0.15, -0.1) is 24.3 Å². The van der Waals surface area contributed by atoms with Gasteiger partial charge in [-0.25, -0.2) is 4.98 Å². The summed E-state index contributed by atoms with van der Waals surface area (Å²) < 4.78 is 4.06. The molecule has 0 N–H and O–H groups in total. The average molecular weight is 399 g/mol. The van der Waals surface area contributed by atoms with Gasteiger partial charge < -0.3 is 8.80 Å². The first kappa shape index (κ1) is 10.4. The molecule has 4 nitrogen and oxygen atoms in total. The molecule has 0 spiro atoms. The Balaban J connectivity index is 0.000000902. The van der Waals surface area contributed by atoms with Crippen molar-refractivity contribution >= 4 is 22.2 Å². The first-order chi connectivity index (χ1) is 7.95. The molecule has 85 valence electrons. The van der Waals surface area contributed by atoms with Crippen molar-refractivity contribution in [2.75, 3.05) is 0 Å². The minimum atomic E-state index is 0. The molecule has 0 fully saturated rings. The molecule has 3 heterocycles. The van der Waals surface area contributed by atoms with Gasteiger partial charge in [0.1, 0.15) is 5.65 Å². The second kappa shape index (κ2) is 3.65. The SMILES string of the molecule is [Ir].[c-]1cccc2c1c1nccn1c1cncn21. The number of rotatable bonds is 0. The van der Waals surface area contributed by atoms with Crippen LogP contribution in [0.15, 0.2) is 43.1 Å². The molecule has 0 saturated heterocycles.